The zero-order valence-electron chi connectivity index (χ0n) is 16.7. The summed E-state index contributed by atoms with van der Waals surface area (Å²) in [5.41, 5.74) is 8.95. The van der Waals surface area contributed by atoms with Gasteiger partial charge in [-0.15, -0.1) is 24.0 Å². The summed E-state index contributed by atoms with van der Waals surface area (Å²) in [5.74, 6) is 0.315. The van der Waals surface area contributed by atoms with E-state index < -0.39 is 10.0 Å². The van der Waals surface area contributed by atoms with Crippen LogP contribution in [0.2, 0.25) is 0 Å². The minimum atomic E-state index is -3.47. The predicted octanol–water partition coefficient (Wildman–Crippen LogP) is 3.82. The maximum atomic E-state index is 12.5. The Bertz CT molecular complexity index is 879. The van der Waals surface area contributed by atoms with E-state index in [1.807, 2.05) is 38.1 Å². The van der Waals surface area contributed by atoms with Crippen LogP contribution in [0.25, 0.3) is 0 Å². The van der Waals surface area contributed by atoms with Gasteiger partial charge in [0.2, 0.25) is 10.0 Å². The maximum absolute atomic E-state index is 12.5. The van der Waals surface area contributed by atoms with Crippen LogP contribution in [0.3, 0.4) is 0 Å². The average Bonchev–Trinajstić information content (AvgIpc) is 2.66. The summed E-state index contributed by atoms with van der Waals surface area (Å²) in [6.07, 6.45) is 0.989. The fourth-order valence-electron chi connectivity index (χ4n) is 2.40. The van der Waals surface area contributed by atoms with Crippen LogP contribution in [-0.2, 0) is 23.0 Å². The second kappa shape index (κ2) is 10.8. The molecule has 154 valence electrons. The van der Waals surface area contributed by atoms with E-state index in [1.54, 1.807) is 31.3 Å². The molecule has 0 radical (unpaired) electrons. The molecule has 2 rings (SSSR count). The number of aliphatic imine (C=N–C) groups is 1. The lowest BCUT2D eigenvalue weighted by Crippen LogP contribution is -2.33. The van der Waals surface area contributed by atoms with Gasteiger partial charge in [0.25, 0.3) is 0 Å². The van der Waals surface area contributed by atoms with Gasteiger partial charge >= 0.3 is 0 Å². The SMILES string of the molecule is CCc1ccc(NC(N)=NCc2ccc(S(=O)(=O)N(C)C(C)C)cc2)cc1.I. The van der Waals surface area contributed by atoms with Gasteiger partial charge in [-0.05, 0) is 55.7 Å². The van der Waals surface area contributed by atoms with E-state index in [4.69, 9.17) is 5.73 Å². The lowest BCUT2D eigenvalue weighted by Gasteiger charge is -2.21. The molecule has 0 bridgehead atoms. The number of sulfonamides is 1. The topological polar surface area (TPSA) is 87.8 Å². The molecule has 6 nitrogen and oxygen atoms in total. The molecule has 0 aliphatic carbocycles. The number of hydrogen-bond donors (Lipinski definition) is 2. The van der Waals surface area contributed by atoms with Crippen LogP contribution in [-0.4, -0.2) is 31.8 Å². The number of nitrogens with two attached hydrogens (primary N) is 1. The molecule has 0 amide bonds. The zero-order valence-corrected chi connectivity index (χ0v) is 19.9. The van der Waals surface area contributed by atoms with Crippen LogP contribution in [0, 0.1) is 0 Å². The largest absolute Gasteiger partial charge is 0.370 e. The Hall–Kier alpha value is -1.65. The van der Waals surface area contributed by atoms with E-state index in [2.05, 4.69) is 17.2 Å². The van der Waals surface area contributed by atoms with Crippen molar-refractivity contribution >= 4 is 45.6 Å². The zero-order chi connectivity index (χ0) is 20.0. The van der Waals surface area contributed by atoms with Crippen LogP contribution in [0.1, 0.15) is 31.9 Å². The Kier molecular flexibility index (Phi) is 9.38. The minimum Gasteiger partial charge on any atom is -0.370 e. The third-order valence-corrected chi connectivity index (χ3v) is 6.44. The monoisotopic (exact) mass is 516 g/mol. The Balaban J connectivity index is 0.00000392. The lowest BCUT2D eigenvalue weighted by molar-refractivity contribution is 0.410. The molecule has 0 saturated carbocycles. The van der Waals surface area contributed by atoms with E-state index in [9.17, 15) is 8.42 Å². The Morgan fingerprint density at radius 3 is 2.11 bits per heavy atom. The van der Waals surface area contributed by atoms with Gasteiger partial charge in [0, 0.05) is 18.8 Å². The second-order valence-corrected chi connectivity index (χ2v) is 8.63. The molecule has 0 aliphatic heterocycles. The van der Waals surface area contributed by atoms with Crippen LogP contribution in [0.15, 0.2) is 58.4 Å². The Labute approximate surface area is 185 Å². The van der Waals surface area contributed by atoms with Crippen molar-refractivity contribution in [3.05, 3.63) is 59.7 Å². The van der Waals surface area contributed by atoms with Gasteiger partial charge in [0.1, 0.15) is 0 Å². The number of guanidine groups is 1. The number of nitrogens with zero attached hydrogens (tertiary/aromatic N) is 2. The molecule has 2 aromatic rings. The number of anilines is 1. The molecule has 8 heteroatoms. The molecule has 0 aromatic heterocycles. The first-order chi connectivity index (χ1) is 12.7. The van der Waals surface area contributed by atoms with Crippen molar-refractivity contribution < 1.29 is 8.42 Å². The average molecular weight is 516 g/mol. The normalized spacial score (nSPS) is 12.1. The third kappa shape index (κ3) is 6.46. The third-order valence-electron chi connectivity index (χ3n) is 4.39. The molecule has 0 unspecified atom stereocenters. The molecule has 3 N–H and O–H groups in total. The van der Waals surface area contributed by atoms with E-state index in [1.165, 1.54) is 9.87 Å². The van der Waals surface area contributed by atoms with Gasteiger partial charge in [-0.25, -0.2) is 13.4 Å². The summed E-state index contributed by atoms with van der Waals surface area (Å²) in [5, 5.41) is 3.05. The van der Waals surface area contributed by atoms with Crippen LogP contribution in [0.4, 0.5) is 5.69 Å². The van der Waals surface area contributed by atoms with Gasteiger partial charge in [0.15, 0.2) is 5.96 Å². The first-order valence-corrected chi connectivity index (χ1v) is 10.4. The highest BCUT2D eigenvalue weighted by atomic mass is 127. The highest BCUT2D eigenvalue weighted by Gasteiger charge is 2.22. The standard InChI is InChI=1S/C20H28N4O2S.HI/c1-5-16-6-10-18(11-7-16)23-20(21)22-14-17-8-12-19(13-9-17)27(25,26)24(4)15(2)3;/h6-13,15H,5,14H2,1-4H3,(H3,21,22,23);1H. The van der Waals surface area contributed by atoms with Crippen LogP contribution >= 0.6 is 24.0 Å². The molecular formula is C20H29IN4O2S. The van der Waals surface area contributed by atoms with Crippen molar-refractivity contribution in [3.63, 3.8) is 0 Å². The van der Waals surface area contributed by atoms with Gasteiger partial charge in [-0.2, -0.15) is 4.31 Å². The Morgan fingerprint density at radius 1 is 1.07 bits per heavy atom. The van der Waals surface area contributed by atoms with Gasteiger partial charge in [-0.3, -0.25) is 0 Å². The summed E-state index contributed by atoms with van der Waals surface area (Å²) in [7, 11) is -1.89. The number of rotatable bonds is 7. The number of nitrogens with one attached hydrogen (secondary N) is 1. The van der Waals surface area contributed by atoms with E-state index in [-0.39, 0.29) is 34.9 Å². The van der Waals surface area contributed by atoms with E-state index in [0.717, 1.165) is 17.7 Å². The number of halogens is 1. The molecule has 0 fully saturated rings. The van der Waals surface area contributed by atoms with Gasteiger partial charge < -0.3 is 11.1 Å². The molecule has 0 aliphatic rings. The van der Waals surface area contributed by atoms with E-state index in [0.29, 0.717) is 12.5 Å². The van der Waals surface area contributed by atoms with Crippen LogP contribution < -0.4 is 11.1 Å². The smallest absolute Gasteiger partial charge is 0.243 e. The molecule has 0 spiro atoms. The number of aryl methyl sites for hydroxylation is 1. The quantitative estimate of drug-likeness (QED) is 0.333. The highest BCUT2D eigenvalue weighted by molar-refractivity contribution is 14.0. The fourth-order valence-corrected chi connectivity index (χ4v) is 3.77. The van der Waals surface area contributed by atoms with Crippen molar-refractivity contribution in [2.24, 2.45) is 10.7 Å². The summed E-state index contributed by atoms with van der Waals surface area (Å²) < 4.78 is 26.3. The molecule has 0 atom stereocenters. The van der Waals surface area contributed by atoms with Crippen molar-refractivity contribution in [3.8, 4) is 0 Å². The second-order valence-electron chi connectivity index (χ2n) is 6.64. The maximum Gasteiger partial charge on any atom is 0.243 e. The highest BCUT2D eigenvalue weighted by Crippen LogP contribution is 2.17. The Morgan fingerprint density at radius 2 is 1.61 bits per heavy atom. The lowest BCUT2D eigenvalue weighted by atomic mass is 10.1. The molecule has 0 saturated heterocycles. The van der Waals surface area contributed by atoms with E-state index >= 15 is 0 Å². The minimum absolute atomic E-state index is 0. The number of hydrogen-bond acceptors (Lipinski definition) is 3. The number of benzene rings is 2. The van der Waals surface area contributed by atoms with Crippen molar-refractivity contribution in [1.82, 2.24) is 4.31 Å². The molecule has 28 heavy (non-hydrogen) atoms. The fraction of sp³-hybridized carbons (Fsp3) is 0.350. The summed E-state index contributed by atoms with van der Waals surface area (Å²) in [6.45, 7) is 6.15. The van der Waals surface area contributed by atoms with Crippen LogP contribution in [0.5, 0.6) is 0 Å². The first-order valence-electron chi connectivity index (χ1n) is 8.97. The predicted molar refractivity (Wildman–Crippen MR) is 127 cm³/mol. The van der Waals surface area contributed by atoms with Gasteiger partial charge in [0.05, 0.1) is 11.4 Å². The van der Waals surface area contributed by atoms with Crippen molar-refractivity contribution in [2.75, 3.05) is 12.4 Å². The van der Waals surface area contributed by atoms with Crippen molar-refractivity contribution in [1.29, 1.82) is 0 Å². The molecule has 0 heterocycles. The summed E-state index contributed by atoms with van der Waals surface area (Å²) >= 11 is 0. The molecular weight excluding hydrogens is 487 g/mol. The first kappa shape index (κ1) is 24.4. The summed E-state index contributed by atoms with van der Waals surface area (Å²) in [6, 6.07) is 14.6. The van der Waals surface area contributed by atoms with Gasteiger partial charge in [-0.1, -0.05) is 31.2 Å². The summed E-state index contributed by atoms with van der Waals surface area (Å²) in [4.78, 5) is 4.58. The molecule has 2 aromatic carbocycles. The van der Waals surface area contributed by atoms with Crippen molar-refractivity contribution in [2.45, 2.75) is 44.7 Å².